The van der Waals surface area contributed by atoms with Gasteiger partial charge in [0, 0.05) is 17.4 Å². The quantitative estimate of drug-likeness (QED) is 0.734. The van der Waals surface area contributed by atoms with Gasteiger partial charge < -0.3 is 9.73 Å². The molecule has 0 radical (unpaired) electrons. The van der Waals surface area contributed by atoms with Crippen LogP contribution in [-0.4, -0.2) is 10.2 Å². The number of furan rings is 1. The summed E-state index contributed by atoms with van der Waals surface area (Å²) in [5.41, 5.74) is 3.17. The highest BCUT2D eigenvalue weighted by Gasteiger charge is 2.01. The van der Waals surface area contributed by atoms with E-state index in [9.17, 15) is 0 Å². The van der Waals surface area contributed by atoms with E-state index in [0.29, 0.717) is 6.54 Å². The summed E-state index contributed by atoms with van der Waals surface area (Å²) in [4.78, 5) is 0. The molecule has 0 aliphatic rings. The van der Waals surface area contributed by atoms with Gasteiger partial charge in [0.05, 0.1) is 18.5 Å². The normalized spacial score (nSPS) is 10.4. The van der Waals surface area contributed by atoms with Gasteiger partial charge in [-0.1, -0.05) is 12.1 Å². The summed E-state index contributed by atoms with van der Waals surface area (Å²) in [6.07, 6.45) is 3.43. The topological polar surface area (TPSA) is 53.9 Å². The Bertz CT molecular complexity index is 600. The molecule has 0 bridgehead atoms. The molecule has 2 heterocycles. The number of nitrogens with zero attached hydrogens (tertiary/aromatic N) is 1. The Morgan fingerprint density at radius 1 is 1.17 bits per heavy atom. The molecule has 0 fully saturated rings. The van der Waals surface area contributed by atoms with E-state index in [1.54, 1.807) is 12.5 Å². The number of nitrogens with one attached hydrogen (secondary N) is 2. The first-order valence-electron chi connectivity index (χ1n) is 5.78. The summed E-state index contributed by atoms with van der Waals surface area (Å²) in [5.74, 6) is 0.918. The minimum Gasteiger partial charge on any atom is -0.467 e. The number of aromatic nitrogens is 2. The van der Waals surface area contributed by atoms with Crippen molar-refractivity contribution in [3.63, 3.8) is 0 Å². The minimum atomic E-state index is 0.680. The molecule has 0 spiro atoms. The van der Waals surface area contributed by atoms with Crippen molar-refractivity contribution in [2.45, 2.75) is 6.54 Å². The fourth-order valence-corrected chi connectivity index (χ4v) is 1.82. The lowest BCUT2D eigenvalue weighted by molar-refractivity contribution is 0.518. The van der Waals surface area contributed by atoms with E-state index in [-0.39, 0.29) is 0 Å². The van der Waals surface area contributed by atoms with Gasteiger partial charge in [0.25, 0.3) is 0 Å². The number of benzene rings is 1. The lowest BCUT2D eigenvalue weighted by Gasteiger charge is -2.06. The SMILES string of the molecule is c1cc(NCc2ccco2)cc(-c2ccn[nH]2)c1. The van der Waals surface area contributed by atoms with Gasteiger partial charge in [-0.2, -0.15) is 5.10 Å². The summed E-state index contributed by atoms with van der Waals surface area (Å²) >= 11 is 0. The van der Waals surface area contributed by atoms with Gasteiger partial charge >= 0.3 is 0 Å². The predicted molar refractivity (Wildman–Crippen MR) is 70.1 cm³/mol. The van der Waals surface area contributed by atoms with Gasteiger partial charge in [-0.05, 0) is 30.3 Å². The summed E-state index contributed by atoms with van der Waals surface area (Å²) in [7, 11) is 0. The first kappa shape index (κ1) is 10.7. The monoisotopic (exact) mass is 239 g/mol. The van der Waals surface area contributed by atoms with Crippen LogP contribution in [0.1, 0.15) is 5.76 Å². The number of hydrogen-bond acceptors (Lipinski definition) is 3. The highest BCUT2D eigenvalue weighted by atomic mass is 16.3. The number of hydrogen-bond donors (Lipinski definition) is 2. The van der Waals surface area contributed by atoms with E-state index in [2.05, 4.69) is 21.6 Å². The third-order valence-corrected chi connectivity index (χ3v) is 2.72. The molecule has 0 aliphatic carbocycles. The predicted octanol–water partition coefficient (Wildman–Crippen LogP) is 3.28. The van der Waals surface area contributed by atoms with Gasteiger partial charge in [0.2, 0.25) is 0 Å². The van der Waals surface area contributed by atoms with Crippen LogP contribution in [-0.2, 0) is 6.54 Å². The molecule has 0 aliphatic heterocycles. The average molecular weight is 239 g/mol. The minimum absolute atomic E-state index is 0.680. The second-order valence-corrected chi connectivity index (χ2v) is 3.98. The van der Waals surface area contributed by atoms with Gasteiger partial charge in [0.1, 0.15) is 5.76 Å². The van der Waals surface area contributed by atoms with Crippen molar-refractivity contribution < 1.29 is 4.42 Å². The Morgan fingerprint density at radius 3 is 2.94 bits per heavy atom. The van der Waals surface area contributed by atoms with Crippen LogP contribution in [0.25, 0.3) is 11.3 Å². The van der Waals surface area contributed by atoms with E-state index in [0.717, 1.165) is 22.7 Å². The van der Waals surface area contributed by atoms with E-state index in [4.69, 9.17) is 4.42 Å². The van der Waals surface area contributed by atoms with Crippen LogP contribution in [0.4, 0.5) is 5.69 Å². The molecule has 0 unspecified atom stereocenters. The van der Waals surface area contributed by atoms with Crippen molar-refractivity contribution in [2.24, 2.45) is 0 Å². The van der Waals surface area contributed by atoms with Crippen molar-refractivity contribution in [1.29, 1.82) is 0 Å². The lowest BCUT2D eigenvalue weighted by atomic mass is 10.1. The third-order valence-electron chi connectivity index (χ3n) is 2.72. The van der Waals surface area contributed by atoms with E-state index >= 15 is 0 Å². The van der Waals surface area contributed by atoms with Gasteiger partial charge in [0.15, 0.2) is 0 Å². The van der Waals surface area contributed by atoms with Crippen molar-refractivity contribution in [3.05, 3.63) is 60.7 Å². The molecule has 90 valence electrons. The first-order valence-corrected chi connectivity index (χ1v) is 5.78. The molecule has 0 atom stereocenters. The van der Waals surface area contributed by atoms with Crippen LogP contribution in [0, 0.1) is 0 Å². The second kappa shape index (κ2) is 4.79. The van der Waals surface area contributed by atoms with Crippen LogP contribution in [0.15, 0.2) is 59.3 Å². The highest BCUT2D eigenvalue weighted by molar-refractivity contribution is 5.64. The molecule has 2 aromatic heterocycles. The molecule has 0 saturated carbocycles. The lowest BCUT2D eigenvalue weighted by Crippen LogP contribution is -1.97. The molecule has 1 aromatic carbocycles. The molecule has 0 amide bonds. The highest BCUT2D eigenvalue weighted by Crippen LogP contribution is 2.20. The van der Waals surface area contributed by atoms with Crippen LogP contribution in [0.2, 0.25) is 0 Å². The van der Waals surface area contributed by atoms with E-state index in [1.165, 1.54) is 0 Å². The molecular weight excluding hydrogens is 226 g/mol. The van der Waals surface area contributed by atoms with Crippen molar-refractivity contribution in [3.8, 4) is 11.3 Å². The van der Waals surface area contributed by atoms with E-state index < -0.39 is 0 Å². The maximum atomic E-state index is 5.28. The van der Waals surface area contributed by atoms with Crippen LogP contribution < -0.4 is 5.32 Å². The Balaban J connectivity index is 1.75. The van der Waals surface area contributed by atoms with Crippen LogP contribution in [0.5, 0.6) is 0 Å². The Hall–Kier alpha value is -2.49. The fraction of sp³-hybridized carbons (Fsp3) is 0.0714. The number of anilines is 1. The van der Waals surface area contributed by atoms with Crippen molar-refractivity contribution in [1.82, 2.24) is 10.2 Å². The summed E-state index contributed by atoms with van der Waals surface area (Å²) < 4.78 is 5.28. The summed E-state index contributed by atoms with van der Waals surface area (Å²) in [5, 5.41) is 10.2. The van der Waals surface area contributed by atoms with E-state index in [1.807, 2.05) is 36.4 Å². The zero-order valence-corrected chi connectivity index (χ0v) is 9.76. The Morgan fingerprint density at radius 2 is 2.17 bits per heavy atom. The molecule has 4 heteroatoms. The zero-order valence-electron chi connectivity index (χ0n) is 9.76. The van der Waals surface area contributed by atoms with Crippen LogP contribution in [0.3, 0.4) is 0 Å². The fourth-order valence-electron chi connectivity index (χ4n) is 1.82. The second-order valence-electron chi connectivity index (χ2n) is 3.98. The maximum absolute atomic E-state index is 5.28. The molecular formula is C14H13N3O. The Kier molecular flexibility index (Phi) is 2.84. The summed E-state index contributed by atoms with van der Waals surface area (Å²) in [6.45, 7) is 0.680. The van der Waals surface area contributed by atoms with Crippen LogP contribution >= 0.6 is 0 Å². The van der Waals surface area contributed by atoms with Gasteiger partial charge in [-0.3, -0.25) is 5.10 Å². The molecule has 3 aromatic rings. The molecule has 2 N–H and O–H groups in total. The summed E-state index contributed by atoms with van der Waals surface area (Å²) in [6, 6.07) is 14.0. The molecule has 4 nitrogen and oxygen atoms in total. The van der Waals surface area contributed by atoms with Crippen molar-refractivity contribution in [2.75, 3.05) is 5.32 Å². The van der Waals surface area contributed by atoms with Gasteiger partial charge in [-0.15, -0.1) is 0 Å². The smallest absolute Gasteiger partial charge is 0.122 e. The van der Waals surface area contributed by atoms with Gasteiger partial charge in [-0.25, -0.2) is 0 Å². The third kappa shape index (κ3) is 2.27. The standard InChI is InChI=1S/C14H13N3O/c1-3-11(14-6-7-16-17-14)9-12(4-1)15-10-13-5-2-8-18-13/h1-9,15H,10H2,(H,16,17). The first-order chi connectivity index (χ1) is 8.92. The maximum Gasteiger partial charge on any atom is 0.122 e. The molecule has 18 heavy (non-hydrogen) atoms. The average Bonchev–Trinajstić information content (AvgIpc) is 3.10. The number of aromatic amines is 1. The molecule has 0 saturated heterocycles. The van der Waals surface area contributed by atoms with Crippen molar-refractivity contribution >= 4 is 5.69 Å². The largest absolute Gasteiger partial charge is 0.467 e. The zero-order chi connectivity index (χ0) is 12.2. The number of H-pyrrole nitrogens is 1. The number of rotatable bonds is 4. The molecule has 3 rings (SSSR count). The Labute approximate surface area is 105 Å².